The predicted octanol–water partition coefficient (Wildman–Crippen LogP) is 1.49. The minimum atomic E-state index is -0.134. The maximum Gasteiger partial charge on any atom is 0.230 e. The summed E-state index contributed by atoms with van der Waals surface area (Å²) in [6.07, 6.45) is 8.38. The van der Waals surface area contributed by atoms with Gasteiger partial charge in [0.15, 0.2) is 5.82 Å². The van der Waals surface area contributed by atoms with Crippen LogP contribution in [0.1, 0.15) is 18.5 Å². The maximum atomic E-state index is 12.7. The van der Waals surface area contributed by atoms with E-state index in [1.165, 1.54) is 0 Å². The molecule has 4 heterocycles. The number of ether oxygens (including phenoxy) is 1. The molecule has 0 unspecified atom stereocenters. The Morgan fingerprint density at radius 3 is 3.04 bits per heavy atom. The lowest BCUT2D eigenvalue weighted by molar-refractivity contribution is -0.124. The molecule has 2 saturated heterocycles. The molecule has 0 aromatic carbocycles. The second-order valence-corrected chi connectivity index (χ2v) is 6.53. The summed E-state index contributed by atoms with van der Waals surface area (Å²) >= 11 is 0. The fourth-order valence-electron chi connectivity index (χ4n) is 3.72. The average molecular weight is 339 g/mol. The number of aromatic nitrogens is 3. The molecule has 130 valence electrons. The van der Waals surface area contributed by atoms with Gasteiger partial charge >= 0.3 is 0 Å². The van der Waals surface area contributed by atoms with Crippen LogP contribution in [0.3, 0.4) is 0 Å². The summed E-state index contributed by atoms with van der Waals surface area (Å²) in [6.45, 7) is 2.19. The first-order valence-electron chi connectivity index (χ1n) is 8.62. The Bertz CT molecular complexity index is 712. The Morgan fingerprint density at radius 1 is 1.28 bits per heavy atom. The van der Waals surface area contributed by atoms with Gasteiger partial charge in [0.2, 0.25) is 5.91 Å². The fourth-order valence-corrected chi connectivity index (χ4v) is 3.72. The van der Waals surface area contributed by atoms with Gasteiger partial charge in [-0.15, -0.1) is 0 Å². The van der Waals surface area contributed by atoms with E-state index in [1.807, 2.05) is 18.2 Å². The molecule has 0 aliphatic carbocycles. The summed E-state index contributed by atoms with van der Waals surface area (Å²) in [5, 5.41) is 2.87. The molecule has 2 aliphatic rings. The van der Waals surface area contributed by atoms with Crippen molar-refractivity contribution in [1.82, 2.24) is 19.9 Å². The van der Waals surface area contributed by atoms with Crippen molar-refractivity contribution in [2.45, 2.75) is 31.5 Å². The summed E-state index contributed by atoms with van der Waals surface area (Å²) < 4.78 is 5.89. The van der Waals surface area contributed by atoms with Gasteiger partial charge in [0.25, 0.3) is 0 Å². The Morgan fingerprint density at radius 2 is 2.24 bits per heavy atom. The maximum absolute atomic E-state index is 12.7. The van der Waals surface area contributed by atoms with E-state index in [0.29, 0.717) is 18.4 Å². The molecule has 2 aromatic heterocycles. The molecule has 0 spiro atoms. The Hall–Kier alpha value is -2.38. The van der Waals surface area contributed by atoms with Gasteiger partial charge < -0.3 is 10.1 Å². The molecule has 1 amide bonds. The first-order chi connectivity index (χ1) is 12.3. The molecule has 25 heavy (non-hydrogen) atoms. The number of nitrogens with zero attached hydrogens (tertiary/aromatic N) is 4. The van der Waals surface area contributed by atoms with Crippen LogP contribution in [0.15, 0.2) is 43.0 Å². The number of carbonyl (C=O) groups is 1. The summed E-state index contributed by atoms with van der Waals surface area (Å²) in [6, 6.07) is 6.29. The van der Waals surface area contributed by atoms with Gasteiger partial charge in [-0.3, -0.25) is 19.7 Å². The van der Waals surface area contributed by atoms with Gasteiger partial charge in [-0.05, 0) is 25.0 Å². The number of nitrogens with one attached hydrogen (secondary N) is 1. The first-order valence-corrected chi connectivity index (χ1v) is 8.62. The van der Waals surface area contributed by atoms with Crippen LogP contribution in [-0.2, 0) is 16.1 Å². The number of hydrogen-bond acceptors (Lipinski definition) is 6. The molecule has 1 N–H and O–H groups in total. The Labute approximate surface area is 146 Å². The zero-order valence-electron chi connectivity index (χ0n) is 13.9. The van der Waals surface area contributed by atoms with Gasteiger partial charge in [0.05, 0.1) is 23.9 Å². The van der Waals surface area contributed by atoms with E-state index in [9.17, 15) is 4.79 Å². The second kappa shape index (κ2) is 7.25. The molecule has 7 nitrogen and oxygen atoms in total. The molecule has 2 fully saturated rings. The lowest BCUT2D eigenvalue weighted by Gasteiger charge is -2.40. The fraction of sp³-hybridized carbons (Fsp3) is 0.444. The van der Waals surface area contributed by atoms with Crippen LogP contribution in [0.5, 0.6) is 0 Å². The topological polar surface area (TPSA) is 80.2 Å². The number of rotatable bonds is 4. The standard InChI is InChI=1S/C18H21N5O2/c24-18(22-17-10-19-6-7-21-17)13-9-16-15(4-8-25-16)23(11-13)12-14-3-1-2-5-20-14/h1-3,5-7,10,13,15-16H,4,8-9,11-12H2,(H,21,22,24)/t13-,15-,16-/m1/s1. The first kappa shape index (κ1) is 16.1. The normalized spacial score (nSPS) is 26.2. The molecular weight excluding hydrogens is 318 g/mol. The van der Waals surface area contributed by atoms with Crippen molar-refractivity contribution in [2.24, 2.45) is 5.92 Å². The van der Waals surface area contributed by atoms with Crippen LogP contribution in [0.4, 0.5) is 5.82 Å². The number of likely N-dealkylation sites (tertiary alicyclic amines) is 1. The molecule has 7 heteroatoms. The van der Waals surface area contributed by atoms with Crippen LogP contribution < -0.4 is 5.32 Å². The predicted molar refractivity (Wildman–Crippen MR) is 91.6 cm³/mol. The van der Waals surface area contributed by atoms with Crippen LogP contribution >= 0.6 is 0 Å². The smallest absolute Gasteiger partial charge is 0.230 e. The molecule has 0 saturated carbocycles. The number of piperidine rings is 1. The highest BCUT2D eigenvalue weighted by atomic mass is 16.5. The summed E-state index contributed by atoms with van der Waals surface area (Å²) in [4.78, 5) is 27.5. The van der Waals surface area contributed by atoms with E-state index in [-0.39, 0.29) is 17.9 Å². The van der Waals surface area contributed by atoms with Crippen molar-refractivity contribution < 1.29 is 9.53 Å². The minimum Gasteiger partial charge on any atom is -0.377 e. The van der Waals surface area contributed by atoms with Crippen LogP contribution in [0.25, 0.3) is 0 Å². The van der Waals surface area contributed by atoms with E-state index >= 15 is 0 Å². The third-order valence-corrected chi connectivity index (χ3v) is 4.89. The molecule has 0 radical (unpaired) electrons. The number of carbonyl (C=O) groups excluding carboxylic acids is 1. The van der Waals surface area contributed by atoms with Crippen LogP contribution in [0.2, 0.25) is 0 Å². The van der Waals surface area contributed by atoms with Crippen molar-refractivity contribution in [2.75, 3.05) is 18.5 Å². The zero-order chi connectivity index (χ0) is 17.1. The Kier molecular flexibility index (Phi) is 4.67. The third kappa shape index (κ3) is 3.67. The van der Waals surface area contributed by atoms with Gasteiger partial charge in [0, 0.05) is 44.3 Å². The number of fused-ring (bicyclic) bond motifs is 1. The lowest BCUT2D eigenvalue weighted by atomic mass is 9.89. The van der Waals surface area contributed by atoms with Crippen LogP contribution in [0, 0.1) is 5.92 Å². The van der Waals surface area contributed by atoms with Crippen molar-refractivity contribution >= 4 is 11.7 Å². The highest BCUT2D eigenvalue weighted by Crippen LogP contribution is 2.32. The largest absolute Gasteiger partial charge is 0.377 e. The number of pyridine rings is 1. The van der Waals surface area contributed by atoms with Gasteiger partial charge in [-0.1, -0.05) is 6.07 Å². The summed E-state index contributed by atoms with van der Waals surface area (Å²) in [7, 11) is 0. The monoisotopic (exact) mass is 339 g/mol. The summed E-state index contributed by atoms with van der Waals surface area (Å²) in [5.41, 5.74) is 1.02. The second-order valence-electron chi connectivity index (χ2n) is 6.53. The molecule has 3 atom stereocenters. The molecule has 2 aromatic rings. The lowest BCUT2D eigenvalue weighted by Crippen LogP contribution is -2.51. The number of anilines is 1. The van der Waals surface area contributed by atoms with E-state index in [4.69, 9.17) is 4.74 Å². The quantitative estimate of drug-likeness (QED) is 0.909. The third-order valence-electron chi connectivity index (χ3n) is 4.89. The number of hydrogen-bond donors (Lipinski definition) is 1. The molecule has 2 aliphatic heterocycles. The van der Waals surface area contributed by atoms with Crippen molar-refractivity contribution in [3.63, 3.8) is 0 Å². The number of amides is 1. The zero-order valence-corrected chi connectivity index (χ0v) is 13.9. The van der Waals surface area contributed by atoms with E-state index in [0.717, 1.165) is 31.7 Å². The minimum absolute atomic E-state index is 0.0273. The van der Waals surface area contributed by atoms with Crippen LogP contribution in [-0.4, -0.2) is 51.1 Å². The van der Waals surface area contributed by atoms with Crippen molar-refractivity contribution in [3.05, 3.63) is 48.7 Å². The molecule has 4 rings (SSSR count). The van der Waals surface area contributed by atoms with E-state index in [1.54, 1.807) is 24.8 Å². The van der Waals surface area contributed by atoms with E-state index in [2.05, 4.69) is 25.2 Å². The Balaban J connectivity index is 1.47. The average Bonchev–Trinajstić information content (AvgIpc) is 3.12. The van der Waals surface area contributed by atoms with Gasteiger partial charge in [0.1, 0.15) is 0 Å². The highest BCUT2D eigenvalue weighted by Gasteiger charge is 2.42. The molecular formula is C18H21N5O2. The highest BCUT2D eigenvalue weighted by molar-refractivity contribution is 5.91. The SMILES string of the molecule is O=C(Nc1cnccn1)[C@@H]1C[C@H]2OCC[C@H]2N(Cc2ccccn2)C1. The molecule has 0 bridgehead atoms. The van der Waals surface area contributed by atoms with Crippen molar-refractivity contribution in [1.29, 1.82) is 0 Å². The van der Waals surface area contributed by atoms with E-state index < -0.39 is 0 Å². The van der Waals surface area contributed by atoms with Gasteiger partial charge in [-0.2, -0.15) is 0 Å². The van der Waals surface area contributed by atoms with Gasteiger partial charge in [-0.25, -0.2) is 4.98 Å². The summed E-state index contributed by atoms with van der Waals surface area (Å²) in [5.74, 6) is 0.323. The van der Waals surface area contributed by atoms with Crippen molar-refractivity contribution in [3.8, 4) is 0 Å².